The van der Waals surface area contributed by atoms with Gasteiger partial charge in [-0.15, -0.1) is 0 Å². The molecule has 1 heterocycles. The van der Waals surface area contributed by atoms with Crippen molar-refractivity contribution in [2.45, 2.75) is 19.4 Å². The van der Waals surface area contributed by atoms with E-state index in [1.807, 2.05) is 0 Å². The lowest BCUT2D eigenvalue weighted by Gasteiger charge is -2.14. The van der Waals surface area contributed by atoms with E-state index in [4.69, 9.17) is 0 Å². The molecule has 1 rings (SSSR count). The highest BCUT2D eigenvalue weighted by Gasteiger charge is 2.23. The zero-order valence-electron chi connectivity index (χ0n) is 7.50. The molecule has 0 radical (unpaired) electrons. The Morgan fingerprint density at radius 3 is 2.67 bits per heavy atom. The van der Waals surface area contributed by atoms with Crippen LogP contribution in [0.25, 0.3) is 0 Å². The number of sulfonamides is 1. The second-order valence-corrected chi connectivity index (χ2v) is 5.25. The summed E-state index contributed by atoms with van der Waals surface area (Å²) in [6.07, 6.45) is 2.25. The topological polar surface area (TPSA) is 58.2 Å². The van der Waals surface area contributed by atoms with E-state index in [-0.39, 0.29) is 0 Å². The molecule has 1 fully saturated rings. The summed E-state index contributed by atoms with van der Waals surface area (Å²) in [5.41, 5.74) is 0. The Morgan fingerprint density at radius 2 is 2.25 bits per heavy atom. The highest BCUT2D eigenvalue weighted by atomic mass is 32.2. The molecular weight excluding hydrogens is 176 g/mol. The molecule has 0 aromatic heterocycles. The molecule has 2 N–H and O–H groups in total. The fourth-order valence-electron chi connectivity index (χ4n) is 1.45. The Labute approximate surface area is 73.8 Å². The molecule has 72 valence electrons. The van der Waals surface area contributed by atoms with Gasteiger partial charge in [-0.05, 0) is 25.8 Å². The van der Waals surface area contributed by atoms with Crippen LogP contribution in [0.5, 0.6) is 0 Å². The molecule has 2 atom stereocenters. The fourth-order valence-corrected chi connectivity index (χ4v) is 1.97. The molecule has 0 aliphatic carbocycles. The van der Waals surface area contributed by atoms with Crippen LogP contribution < -0.4 is 10.0 Å². The van der Waals surface area contributed by atoms with Crippen LogP contribution in [0.2, 0.25) is 0 Å². The number of hydrogen-bond acceptors (Lipinski definition) is 3. The Balaban J connectivity index is 2.32. The van der Waals surface area contributed by atoms with Crippen LogP contribution >= 0.6 is 0 Å². The molecule has 0 amide bonds. The third kappa shape index (κ3) is 3.08. The third-order valence-electron chi connectivity index (χ3n) is 2.30. The molecule has 0 spiro atoms. The van der Waals surface area contributed by atoms with Crippen molar-refractivity contribution in [2.75, 3.05) is 19.3 Å². The number of nitrogens with one attached hydrogen (secondary N) is 2. The minimum Gasteiger partial charge on any atom is -0.314 e. The zero-order chi connectivity index (χ0) is 9.19. The first-order chi connectivity index (χ1) is 5.49. The van der Waals surface area contributed by atoms with Crippen LogP contribution in [0.3, 0.4) is 0 Å². The molecule has 1 aliphatic heterocycles. The second-order valence-electron chi connectivity index (χ2n) is 3.41. The molecule has 0 aromatic carbocycles. The summed E-state index contributed by atoms with van der Waals surface area (Å²) in [7, 11) is -3.01. The summed E-state index contributed by atoms with van der Waals surface area (Å²) in [5, 5.41) is 3.27. The van der Waals surface area contributed by atoms with Gasteiger partial charge in [0.25, 0.3) is 0 Å². The van der Waals surface area contributed by atoms with E-state index >= 15 is 0 Å². The third-order valence-corrected chi connectivity index (χ3v) is 2.99. The van der Waals surface area contributed by atoms with E-state index in [1.54, 1.807) is 0 Å². The van der Waals surface area contributed by atoms with Crippen molar-refractivity contribution in [3.05, 3.63) is 0 Å². The maximum atomic E-state index is 10.8. The lowest BCUT2D eigenvalue weighted by molar-refractivity contribution is 0.467. The summed E-state index contributed by atoms with van der Waals surface area (Å²) < 4.78 is 24.1. The monoisotopic (exact) mass is 192 g/mol. The van der Waals surface area contributed by atoms with Gasteiger partial charge in [-0.2, -0.15) is 0 Å². The lowest BCUT2D eigenvalue weighted by atomic mass is 10.0. The highest BCUT2D eigenvalue weighted by Crippen LogP contribution is 2.13. The quantitative estimate of drug-likeness (QED) is 0.636. The van der Waals surface area contributed by atoms with Gasteiger partial charge in [0.2, 0.25) is 10.0 Å². The van der Waals surface area contributed by atoms with Gasteiger partial charge >= 0.3 is 0 Å². The molecular formula is C7H16N2O2S. The van der Waals surface area contributed by atoms with E-state index in [0.717, 1.165) is 13.0 Å². The SMILES string of the molecule is CC1NCCC1CNS(C)(=O)=O. The first kappa shape index (κ1) is 9.95. The van der Waals surface area contributed by atoms with E-state index in [0.29, 0.717) is 18.5 Å². The predicted molar refractivity (Wildman–Crippen MR) is 48.4 cm³/mol. The molecule has 12 heavy (non-hydrogen) atoms. The molecule has 4 nitrogen and oxygen atoms in total. The number of rotatable bonds is 3. The normalized spacial score (nSPS) is 30.8. The van der Waals surface area contributed by atoms with Gasteiger partial charge < -0.3 is 5.32 Å². The zero-order valence-corrected chi connectivity index (χ0v) is 8.32. The maximum Gasteiger partial charge on any atom is 0.208 e. The van der Waals surface area contributed by atoms with E-state index in [1.165, 1.54) is 6.26 Å². The molecule has 1 saturated heterocycles. The van der Waals surface area contributed by atoms with Gasteiger partial charge in [0.1, 0.15) is 0 Å². The molecule has 5 heteroatoms. The van der Waals surface area contributed by atoms with Crippen LogP contribution in [-0.4, -0.2) is 33.8 Å². The van der Waals surface area contributed by atoms with Gasteiger partial charge in [-0.25, -0.2) is 13.1 Å². The average Bonchev–Trinajstić information content (AvgIpc) is 2.29. The molecule has 0 saturated carbocycles. The van der Waals surface area contributed by atoms with Crippen molar-refractivity contribution < 1.29 is 8.42 Å². The number of hydrogen-bond donors (Lipinski definition) is 2. The van der Waals surface area contributed by atoms with Crippen LogP contribution in [0.4, 0.5) is 0 Å². The van der Waals surface area contributed by atoms with E-state index in [9.17, 15) is 8.42 Å². The van der Waals surface area contributed by atoms with Crippen molar-refractivity contribution in [3.8, 4) is 0 Å². The van der Waals surface area contributed by atoms with Gasteiger partial charge in [0, 0.05) is 12.6 Å². The van der Waals surface area contributed by atoms with Gasteiger partial charge in [-0.3, -0.25) is 0 Å². The maximum absolute atomic E-state index is 10.8. The largest absolute Gasteiger partial charge is 0.314 e. The lowest BCUT2D eigenvalue weighted by Crippen LogP contribution is -2.33. The second kappa shape index (κ2) is 3.72. The minimum atomic E-state index is -3.01. The summed E-state index contributed by atoms with van der Waals surface area (Å²) in [5.74, 6) is 0.444. The van der Waals surface area contributed by atoms with Crippen molar-refractivity contribution in [1.29, 1.82) is 0 Å². The van der Waals surface area contributed by atoms with E-state index in [2.05, 4.69) is 17.0 Å². The van der Waals surface area contributed by atoms with Crippen molar-refractivity contribution in [3.63, 3.8) is 0 Å². The van der Waals surface area contributed by atoms with Gasteiger partial charge in [0.05, 0.1) is 6.26 Å². The minimum absolute atomic E-state index is 0.430. The highest BCUT2D eigenvalue weighted by molar-refractivity contribution is 7.88. The summed E-state index contributed by atoms with van der Waals surface area (Å²) in [6, 6.07) is 0.430. The first-order valence-electron chi connectivity index (χ1n) is 4.17. The van der Waals surface area contributed by atoms with Crippen molar-refractivity contribution >= 4 is 10.0 Å². The van der Waals surface area contributed by atoms with E-state index < -0.39 is 10.0 Å². The van der Waals surface area contributed by atoms with Crippen LogP contribution in [0, 0.1) is 5.92 Å². The molecule has 2 unspecified atom stereocenters. The standard InChI is InChI=1S/C7H16N2O2S/c1-6-7(3-4-8-6)5-9-12(2,10)11/h6-9H,3-5H2,1-2H3. The average molecular weight is 192 g/mol. The van der Waals surface area contributed by atoms with Crippen LogP contribution in [-0.2, 0) is 10.0 Å². The Hall–Kier alpha value is -0.130. The van der Waals surface area contributed by atoms with Gasteiger partial charge in [0.15, 0.2) is 0 Å². The molecule has 0 aromatic rings. The van der Waals surface area contributed by atoms with Gasteiger partial charge in [-0.1, -0.05) is 0 Å². The summed E-state index contributed by atoms with van der Waals surface area (Å²) in [6.45, 7) is 3.64. The molecule has 1 aliphatic rings. The summed E-state index contributed by atoms with van der Waals surface area (Å²) >= 11 is 0. The van der Waals surface area contributed by atoms with Crippen LogP contribution in [0.1, 0.15) is 13.3 Å². The smallest absolute Gasteiger partial charge is 0.208 e. The predicted octanol–water partition coefficient (Wildman–Crippen LogP) is -0.466. The first-order valence-corrected chi connectivity index (χ1v) is 6.06. The van der Waals surface area contributed by atoms with Crippen molar-refractivity contribution in [2.24, 2.45) is 5.92 Å². The fraction of sp³-hybridized carbons (Fsp3) is 1.00. The Bertz CT molecular complexity index is 238. The van der Waals surface area contributed by atoms with Crippen molar-refractivity contribution in [1.82, 2.24) is 10.0 Å². The Kier molecular flexibility index (Phi) is 3.09. The summed E-state index contributed by atoms with van der Waals surface area (Å²) in [4.78, 5) is 0. The van der Waals surface area contributed by atoms with Crippen LogP contribution in [0.15, 0.2) is 0 Å². The molecule has 0 bridgehead atoms. The Morgan fingerprint density at radius 1 is 1.58 bits per heavy atom.